The number of allylic oxidation sites excluding steroid dienone is 3. The molecule has 0 amide bonds. The van der Waals surface area contributed by atoms with E-state index in [0.717, 1.165) is 45.5 Å². The Labute approximate surface area is 202 Å². The Bertz CT molecular complexity index is 1470. The number of H-pyrrole nitrogens is 2. The molecule has 0 bridgehead atoms. The predicted octanol–water partition coefficient (Wildman–Crippen LogP) is 5.01. The highest BCUT2D eigenvalue weighted by molar-refractivity contribution is 6.23. The SMILES string of the molecule is CC1=C(C)/C(=C/C2=N[C@@](C)(C#N)C(C)(C)C2)N=C1/C=c1/[nH]/c(=C\c2[nH]cc(C)c2C)c(C)c1C. The lowest BCUT2D eigenvalue weighted by Crippen LogP contribution is -2.34. The minimum Gasteiger partial charge on any atom is -0.361 e. The zero-order valence-corrected chi connectivity index (χ0v) is 21.9. The molecule has 5 heteroatoms. The largest absolute Gasteiger partial charge is 0.361 e. The third-order valence-electron chi connectivity index (χ3n) is 8.05. The molecule has 2 aliphatic rings. The van der Waals surface area contributed by atoms with Gasteiger partial charge in [-0.15, -0.1) is 0 Å². The molecule has 0 unspecified atom stereocenters. The van der Waals surface area contributed by atoms with Gasteiger partial charge in [0.2, 0.25) is 0 Å². The van der Waals surface area contributed by atoms with Gasteiger partial charge in [0, 0.05) is 33.7 Å². The average Bonchev–Trinajstić information content (AvgIpc) is 3.40. The van der Waals surface area contributed by atoms with Crippen LogP contribution in [0.1, 0.15) is 69.0 Å². The number of aromatic nitrogens is 2. The molecule has 0 saturated heterocycles. The first-order valence-electron chi connectivity index (χ1n) is 11.9. The van der Waals surface area contributed by atoms with Crippen molar-refractivity contribution >= 4 is 23.6 Å². The van der Waals surface area contributed by atoms with Crippen LogP contribution in [0.2, 0.25) is 0 Å². The summed E-state index contributed by atoms with van der Waals surface area (Å²) in [5, 5.41) is 11.9. The molecule has 1 atom stereocenters. The third kappa shape index (κ3) is 3.81. The first-order chi connectivity index (χ1) is 15.9. The number of aryl methyl sites for hydroxylation is 1. The number of rotatable bonds is 3. The van der Waals surface area contributed by atoms with E-state index in [9.17, 15) is 5.26 Å². The smallest absolute Gasteiger partial charge is 0.149 e. The molecule has 34 heavy (non-hydrogen) atoms. The Morgan fingerprint density at radius 1 is 0.912 bits per heavy atom. The van der Waals surface area contributed by atoms with Crippen molar-refractivity contribution in [2.24, 2.45) is 15.4 Å². The van der Waals surface area contributed by atoms with Crippen LogP contribution in [0, 0.1) is 44.4 Å². The van der Waals surface area contributed by atoms with Crippen LogP contribution in [-0.2, 0) is 0 Å². The van der Waals surface area contributed by atoms with Crippen LogP contribution in [0.3, 0.4) is 0 Å². The van der Waals surface area contributed by atoms with Gasteiger partial charge < -0.3 is 9.97 Å². The number of hydrogen-bond donors (Lipinski definition) is 2. The van der Waals surface area contributed by atoms with Crippen LogP contribution in [0.15, 0.2) is 39.1 Å². The zero-order valence-electron chi connectivity index (χ0n) is 21.9. The van der Waals surface area contributed by atoms with E-state index in [1.807, 2.05) is 13.1 Å². The van der Waals surface area contributed by atoms with Crippen molar-refractivity contribution in [3.63, 3.8) is 0 Å². The maximum atomic E-state index is 9.67. The second-order valence-corrected chi connectivity index (χ2v) is 10.6. The fourth-order valence-corrected chi connectivity index (χ4v) is 4.55. The summed E-state index contributed by atoms with van der Waals surface area (Å²) in [6, 6.07) is 2.40. The fraction of sp³-hybridized carbons (Fsp3) is 0.414. The molecule has 2 aromatic rings. The lowest BCUT2D eigenvalue weighted by atomic mass is 9.74. The number of nitrogens with one attached hydrogen (secondary N) is 2. The molecule has 0 fully saturated rings. The molecule has 0 aromatic carbocycles. The van der Waals surface area contributed by atoms with Gasteiger partial charge >= 0.3 is 0 Å². The molecule has 0 saturated carbocycles. The third-order valence-corrected chi connectivity index (χ3v) is 8.05. The summed E-state index contributed by atoms with van der Waals surface area (Å²) in [6.07, 6.45) is 9.21. The lowest BCUT2D eigenvalue weighted by Gasteiger charge is -2.29. The predicted molar refractivity (Wildman–Crippen MR) is 142 cm³/mol. The van der Waals surface area contributed by atoms with Gasteiger partial charge in [0.05, 0.1) is 17.5 Å². The lowest BCUT2D eigenvalue weighted by molar-refractivity contribution is 0.276. The minimum absolute atomic E-state index is 0.195. The molecular weight excluding hydrogens is 418 g/mol. The van der Waals surface area contributed by atoms with E-state index in [2.05, 4.69) is 89.7 Å². The van der Waals surface area contributed by atoms with E-state index in [1.165, 1.54) is 27.8 Å². The first kappa shape index (κ1) is 23.8. The molecule has 176 valence electrons. The average molecular weight is 454 g/mol. The second kappa shape index (κ2) is 8.13. The van der Waals surface area contributed by atoms with E-state index < -0.39 is 5.54 Å². The number of aliphatic imine (C=N–C) groups is 2. The highest BCUT2D eigenvalue weighted by Gasteiger charge is 2.46. The summed E-state index contributed by atoms with van der Waals surface area (Å²) >= 11 is 0. The maximum Gasteiger partial charge on any atom is 0.149 e. The summed E-state index contributed by atoms with van der Waals surface area (Å²) in [7, 11) is 0. The Morgan fingerprint density at radius 2 is 1.56 bits per heavy atom. The van der Waals surface area contributed by atoms with Gasteiger partial charge in [-0.2, -0.15) is 5.26 Å². The Hall–Kier alpha value is -3.39. The minimum atomic E-state index is -0.703. The van der Waals surface area contributed by atoms with Gasteiger partial charge in [0.25, 0.3) is 0 Å². The number of nitriles is 1. The van der Waals surface area contributed by atoms with Crippen molar-refractivity contribution in [1.29, 1.82) is 5.26 Å². The van der Waals surface area contributed by atoms with Crippen molar-refractivity contribution in [2.75, 3.05) is 0 Å². The Morgan fingerprint density at radius 3 is 2.12 bits per heavy atom. The maximum absolute atomic E-state index is 9.67. The molecule has 4 rings (SSSR count). The van der Waals surface area contributed by atoms with Crippen molar-refractivity contribution in [2.45, 2.75) is 74.3 Å². The molecule has 4 heterocycles. The van der Waals surface area contributed by atoms with Crippen LogP contribution in [0.25, 0.3) is 12.2 Å². The second-order valence-electron chi connectivity index (χ2n) is 10.6. The summed E-state index contributed by atoms with van der Waals surface area (Å²) in [6.45, 7) is 18.9. The molecular formula is C29H35N5. The summed E-state index contributed by atoms with van der Waals surface area (Å²) in [4.78, 5) is 16.7. The van der Waals surface area contributed by atoms with E-state index in [-0.39, 0.29) is 5.41 Å². The van der Waals surface area contributed by atoms with Crippen molar-refractivity contribution in [3.8, 4) is 6.07 Å². The number of hydrogen-bond acceptors (Lipinski definition) is 3. The van der Waals surface area contributed by atoms with E-state index >= 15 is 0 Å². The normalized spacial score (nSPS) is 24.3. The van der Waals surface area contributed by atoms with Crippen LogP contribution in [0.5, 0.6) is 0 Å². The summed E-state index contributed by atoms with van der Waals surface area (Å²) in [5.41, 5.74) is 10.4. The highest BCUT2D eigenvalue weighted by Crippen LogP contribution is 2.43. The molecule has 2 aliphatic heterocycles. The van der Waals surface area contributed by atoms with Crippen LogP contribution in [0.4, 0.5) is 0 Å². The van der Waals surface area contributed by atoms with Crippen LogP contribution in [-0.4, -0.2) is 26.9 Å². The summed E-state index contributed by atoms with van der Waals surface area (Å²) < 4.78 is 0. The topological polar surface area (TPSA) is 80.1 Å². The molecule has 2 N–H and O–H groups in total. The van der Waals surface area contributed by atoms with Crippen LogP contribution < -0.4 is 10.7 Å². The van der Waals surface area contributed by atoms with Gasteiger partial charge in [0.15, 0.2) is 0 Å². The van der Waals surface area contributed by atoms with Crippen molar-refractivity contribution in [1.82, 2.24) is 9.97 Å². The fourth-order valence-electron chi connectivity index (χ4n) is 4.55. The van der Waals surface area contributed by atoms with Gasteiger partial charge in [-0.1, -0.05) is 13.8 Å². The van der Waals surface area contributed by atoms with E-state index in [4.69, 9.17) is 9.98 Å². The van der Waals surface area contributed by atoms with E-state index in [0.29, 0.717) is 0 Å². The summed E-state index contributed by atoms with van der Waals surface area (Å²) in [5.74, 6) is 0. The molecule has 5 nitrogen and oxygen atoms in total. The van der Waals surface area contributed by atoms with Crippen molar-refractivity contribution < 1.29 is 0 Å². The van der Waals surface area contributed by atoms with Gasteiger partial charge in [-0.25, -0.2) is 4.99 Å². The van der Waals surface area contributed by atoms with Gasteiger partial charge in [-0.3, -0.25) is 4.99 Å². The van der Waals surface area contributed by atoms with Gasteiger partial charge in [0.1, 0.15) is 5.54 Å². The molecule has 0 radical (unpaired) electrons. The van der Waals surface area contributed by atoms with E-state index in [1.54, 1.807) is 0 Å². The van der Waals surface area contributed by atoms with Crippen LogP contribution >= 0.6 is 0 Å². The Kier molecular flexibility index (Phi) is 5.68. The first-order valence-corrected chi connectivity index (χ1v) is 11.9. The standard InChI is InChI=1S/C29H35N5/c1-16-14-31-23(17(16)2)11-25-20(5)21(6)27(33-25)12-26-19(4)18(3)24(32-26)10-22-13-28(7,8)29(9,15-30)34-22/h10-12,14,31,33H,13H2,1-9H3/b24-10-,25-11-,27-12+/t29-/m0/s1. The number of aromatic amines is 2. The molecule has 0 aliphatic carbocycles. The monoisotopic (exact) mass is 453 g/mol. The molecule has 0 spiro atoms. The van der Waals surface area contributed by atoms with Gasteiger partial charge in [-0.05, 0) is 107 Å². The molecule has 2 aromatic heterocycles. The quantitative estimate of drug-likeness (QED) is 0.673. The Balaban J connectivity index is 1.75. The van der Waals surface area contributed by atoms with Crippen molar-refractivity contribution in [3.05, 3.63) is 67.8 Å². The highest BCUT2D eigenvalue weighted by atomic mass is 14.9. The zero-order chi connectivity index (χ0) is 25.0. The number of nitrogens with zero attached hydrogens (tertiary/aromatic N) is 3.